The second kappa shape index (κ2) is 11.8. The van der Waals surface area contributed by atoms with E-state index in [1.54, 1.807) is 24.3 Å². The van der Waals surface area contributed by atoms with E-state index in [4.69, 9.17) is 18.9 Å². The lowest BCUT2D eigenvalue weighted by Crippen LogP contribution is -2.46. The largest absolute Gasteiger partial charge is 0.497 e. The lowest BCUT2D eigenvalue weighted by Gasteiger charge is -2.33. The molecule has 0 aliphatic carbocycles. The molecule has 0 aromatic heterocycles. The standard InChI is InChI=1S/C25H34NO6/c1-7-30-24(31-8-2)17-26(4,5)16-19-9-11-20(12-10-19)25(28)22-14-13-21(29-6)15-23(22)32-18(3)27/h9-15,24H,7-8,16-17H2,1-6H3/q+1. The van der Waals surface area contributed by atoms with Crippen LogP contribution in [0.3, 0.4) is 0 Å². The van der Waals surface area contributed by atoms with Crippen LogP contribution < -0.4 is 9.47 Å². The Hall–Kier alpha value is -2.74. The number of ether oxygens (including phenoxy) is 4. The third-order valence-electron chi connectivity index (χ3n) is 4.86. The summed E-state index contributed by atoms with van der Waals surface area (Å²) in [7, 11) is 5.75. The molecule has 0 spiro atoms. The molecule has 0 amide bonds. The van der Waals surface area contributed by atoms with E-state index < -0.39 is 5.97 Å². The van der Waals surface area contributed by atoms with E-state index in [0.29, 0.717) is 41.1 Å². The summed E-state index contributed by atoms with van der Waals surface area (Å²) >= 11 is 0. The van der Waals surface area contributed by atoms with Crippen LogP contribution in [0.1, 0.15) is 42.3 Å². The SMILES string of the molecule is CCOC(C[N+](C)(C)Cc1ccc(C(=O)c2ccc(OC)cc2OC(C)=O)cc1)OCC. The Bertz CT molecular complexity index is 901. The molecule has 0 aliphatic rings. The molecule has 0 fully saturated rings. The maximum absolute atomic E-state index is 13.1. The molecule has 0 unspecified atom stereocenters. The summed E-state index contributed by atoms with van der Waals surface area (Å²) in [6.07, 6.45) is -0.254. The summed E-state index contributed by atoms with van der Waals surface area (Å²) in [5, 5.41) is 0. The van der Waals surface area contributed by atoms with Gasteiger partial charge in [0.1, 0.15) is 24.6 Å². The summed E-state index contributed by atoms with van der Waals surface area (Å²) in [5.74, 6) is -0.0378. The number of methoxy groups -OCH3 is 1. The third kappa shape index (κ3) is 7.44. The fraction of sp³-hybridized carbons (Fsp3) is 0.440. The van der Waals surface area contributed by atoms with E-state index in [9.17, 15) is 9.59 Å². The van der Waals surface area contributed by atoms with Crippen LogP contribution in [0.5, 0.6) is 11.5 Å². The Kier molecular flexibility index (Phi) is 9.38. The molecule has 2 aromatic carbocycles. The summed E-state index contributed by atoms with van der Waals surface area (Å²) in [4.78, 5) is 24.5. The summed E-state index contributed by atoms with van der Waals surface area (Å²) in [5.41, 5.74) is 1.91. The topological polar surface area (TPSA) is 71.1 Å². The number of benzene rings is 2. The van der Waals surface area contributed by atoms with Crippen LogP contribution >= 0.6 is 0 Å². The molecule has 0 saturated heterocycles. The van der Waals surface area contributed by atoms with Gasteiger partial charge in [0.05, 0.1) is 26.8 Å². The minimum absolute atomic E-state index is 0.182. The van der Waals surface area contributed by atoms with E-state index >= 15 is 0 Å². The molecule has 7 heteroatoms. The van der Waals surface area contributed by atoms with Gasteiger partial charge in [0.2, 0.25) is 6.29 Å². The van der Waals surface area contributed by atoms with Gasteiger partial charge in [-0.05, 0) is 26.0 Å². The number of nitrogens with zero attached hydrogens (tertiary/aromatic N) is 1. The highest BCUT2D eigenvalue weighted by atomic mass is 16.7. The predicted octanol–water partition coefficient (Wildman–Crippen LogP) is 3.83. The number of rotatable bonds is 12. The maximum atomic E-state index is 13.1. The van der Waals surface area contributed by atoms with Crippen molar-refractivity contribution >= 4 is 11.8 Å². The van der Waals surface area contributed by atoms with E-state index in [1.165, 1.54) is 20.1 Å². The van der Waals surface area contributed by atoms with Crippen LogP contribution in [0.25, 0.3) is 0 Å². The van der Waals surface area contributed by atoms with Crippen molar-refractivity contribution in [1.82, 2.24) is 0 Å². The number of likely N-dealkylation sites (N-methyl/N-ethyl adjacent to an activating group) is 1. The number of ketones is 1. The zero-order chi connectivity index (χ0) is 23.7. The molecule has 0 aliphatic heterocycles. The molecule has 2 rings (SSSR count). The molecular formula is C25H34NO6+. The van der Waals surface area contributed by atoms with Crippen molar-refractivity contribution in [3.63, 3.8) is 0 Å². The first-order chi connectivity index (χ1) is 15.2. The lowest BCUT2D eigenvalue weighted by atomic mass is 10.0. The van der Waals surface area contributed by atoms with Gasteiger partial charge in [0.25, 0.3) is 0 Å². The van der Waals surface area contributed by atoms with Crippen molar-refractivity contribution in [3.8, 4) is 11.5 Å². The average molecular weight is 445 g/mol. The number of carbonyl (C=O) groups excluding carboxylic acids is 2. The van der Waals surface area contributed by atoms with Crippen LogP contribution in [0.4, 0.5) is 0 Å². The molecule has 0 heterocycles. The number of carbonyl (C=O) groups is 2. The van der Waals surface area contributed by atoms with Gasteiger partial charge < -0.3 is 23.4 Å². The first-order valence-corrected chi connectivity index (χ1v) is 10.7. The monoisotopic (exact) mass is 444 g/mol. The highest BCUT2D eigenvalue weighted by Gasteiger charge is 2.24. The molecule has 0 N–H and O–H groups in total. The second-order valence-corrected chi connectivity index (χ2v) is 8.10. The van der Waals surface area contributed by atoms with Crippen molar-refractivity contribution in [2.45, 2.75) is 33.6 Å². The normalized spacial score (nSPS) is 11.5. The van der Waals surface area contributed by atoms with Gasteiger partial charge >= 0.3 is 5.97 Å². The first-order valence-electron chi connectivity index (χ1n) is 10.7. The summed E-state index contributed by atoms with van der Waals surface area (Å²) in [6, 6.07) is 12.3. The van der Waals surface area contributed by atoms with Crippen LogP contribution in [0.15, 0.2) is 42.5 Å². The van der Waals surface area contributed by atoms with Gasteiger partial charge in [-0.1, -0.05) is 24.3 Å². The highest BCUT2D eigenvalue weighted by Crippen LogP contribution is 2.27. The molecule has 0 bridgehead atoms. The van der Waals surface area contributed by atoms with Crippen molar-refractivity contribution < 1.29 is 33.0 Å². The molecule has 2 aromatic rings. The number of hydrogen-bond acceptors (Lipinski definition) is 6. The van der Waals surface area contributed by atoms with Crippen LogP contribution in [-0.2, 0) is 20.8 Å². The first kappa shape index (κ1) is 25.5. The summed E-state index contributed by atoms with van der Waals surface area (Å²) in [6.45, 7) is 7.87. The number of quaternary nitrogens is 1. The van der Waals surface area contributed by atoms with Gasteiger partial charge in [-0.2, -0.15) is 0 Å². The average Bonchev–Trinajstić information content (AvgIpc) is 2.73. The molecule has 0 saturated carbocycles. The molecular weight excluding hydrogens is 410 g/mol. The quantitative estimate of drug-likeness (QED) is 0.163. The van der Waals surface area contributed by atoms with Crippen molar-refractivity contribution in [3.05, 3.63) is 59.2 Å². The Labute approximate surface area is 190 Å². The van der Waals surface area contributed by atoms with Crippen LogP contribution in [0.2, 0.25) is 0 Å². The minimum atomic E-state index is -0.500. The van der Waals surface area contributed by atoms with Crippen LogP contribution in [-0.4, -0.2) is 63.5 Å². The van der Waals surface area contributed by atoms with Crippen LogP contribution in [0, 0.1) is 0 Å². The zero-order valence-electron chi connectivity index (χ0n) is 19.8. The van der Waals surface area contributed by atoms with Gasteiger partial charge in [-0.15, -0.1) is 0 Å². The van der Waals surface area contributed by atoms with Crippen molar-refractivity contribution in [2.24, 2.45) is 0 Å². The third-order valence-corrected chi connectivity index (χ3v) is 4.86. The molecule has 0 atom stereocenters. The Morgan fingerprint density at radius 2 is 1.59 bits per heavy atom. The van der Waals surface area contributed by atoms with E-state index in [2.05, 4.69) is 14.1 Å². The van der Waals surface area contributed by atoms with Gasteiger partial charge in [0.15, 0.2) is 5.78 Å². The molecule has 174 valence electrons. The zero-order valence-corrected chi connectivity index (χ0v) is 19.8. The number of esters is 1. The van der Waals surface area contributed by atoms with Crippen molar-refractivity contribution in [2.75, 3.05) is 41.0 Å². The van der Waals surface area contributed by atoms with Gasteiger partial charge in [0, 0.05) is 37.3 Å². The highest BCUT2D eigenvalue weighted by molar-refractivity contribution is 6.11. The predicted molar refractivity (Wildman–Crippen MR) is 122 cm³/mol. The Balaban J connectivity index is 2.16. The van der Waals surface area contributed by atoms with Crippen molar-refractivity contribution in [1.29, 1.82) is 0 Å². The maximum Gasteiger partial charge on any atom is 0.308 e. The van der Waals surface area contributed by atoms with E-state index in [1.807, 2.05) is 26.0 Å². The van der Waals surface area contributed by atoms with Gasteiger partial charge in [-0.3, -0.25) is 9.59 Å². The molecule has 7 nitrogen and oxygen atoms in total. The number of hydrogen-bond donors (Lipinski definition) is 0. The minimum Gasteiger partial charge on any atom is -0.497 e. The molecule has 0 radical (unpaired) electrons. The lowest BCUT2D eigenvalue weighted by molar-refractivity contribution is -0.909. The second-order valence-electron chi connectivity index (χ2n) is 8.10. The fourth-order valence-electron chi connectivity index (χ4n) is 3.46. The summed E-state index contributed by atoms with van der Waals surface area (Å²) < 4.78 is 22.4. The van der Waals surface area contributed by atoms with E-state index in [-0.39, 0.29) is 17.8 Å². The molecule has 32 heavy (non-hydrogen) atoms. The Morgan fingerprint density at radius 1 is 0.969 bits per heavy atom. The van der Waals surface area contributed by atoms with Gasteiger partial charge in [-0.25, -0.2) is 0 Å². The fourth-order valence-corrected chi connectivity index (χ4v) is 3.46. The Morgan fingerprint density at radius 3 is 2.12 bits per heavy atom. The van der Waals surface area contributed by atoms with E-state index in [0.717, 1.165) is 12.1 Å². The smallest absolute Gasteiger partial charge is 0.308 e.